The molecule has 0 bridgehead atoms. The van der Waals surface area contributed by atoms with Crippen LogP contribution in [-0.2, 0) is 23.6 Å². The van der Waals surface area contributed by atoms with Crippen LogP contribution in [0.15, 0.2) is 36.4 Å². The van der Waals surface area contributed by atoms with Gasteiger partial charge in [0.15, 0.2) is 0 Å². The Morgan fingerprint density at radius 2 is 1.63 bits per heavy atom. The summed E-state index contributed by atoms with van der Waals surface area (Å²) in [6.45, 7) is 3.42. The van der Waals surface area contributed by atoms with E-state index in [-0.39, 0.29) is 49.5 Å². The summed E-state index contributed by atoms with van der Waals surface area (Å²) in [6.07, 6.45) is -9.10. The van der Waals surface area contributed by atoms with Gasteiger partial charge in [0, 0.05) is 25.6 Å². The molecule has 0 spiro atoms. The normalized spacial score (nSPS) is 18.3. The number of halogens is 7. The van der Waals surface area contributed by atoms with Crippen LogP contribution in [0, 0.1) is 12.7 Å². The lowest BCUT2D eigenvalue weighted by atomic mass is 9.89. The lowest BCUT2D eigenvalue weighted by Crippen LogP contribution is -2.51. The largest absolute Gasteiger partial charge is 0.416 e. The number of benzene rings is 2. The van der Waals surface area contributed by atoms with E-state index in [2.05, 4.69) is 10.6 Å². The second-order valence-electron chi connectivity index (χ2n) is 9.25. The summed E-state index contributed by atoms with van der Waals surface area (Å²) >= 11 is 0. The van der Waals surface area contributed by atoms with E-state index in [1.54, 1.807) is 19.9 Å². The minimum Gasteiger partial charge on any atom is -0.353 e. The van der Waals surface area contributed by atoms with Gasteiger partial charge < -0.3 is 15.5 Å². The maximum atomic E-state index is 13.7. The van der Waals surface area contributed by atoms with E-state index >= 15 is 0 Å². The molecular weight excluding hydrogens is 519 g/mol. The molecule has 0 radical (unpaired) electrons. The fourth-order valence-corrected chi connectivity index (χ4v) is 4.56. The molecule has 12 heteroatoms. The summed E-state index contributed by atoms with van der Waals surface area (Å²) in [7, 11) is 0. The quantitative estimate of drug-likeness (QED) is 0.426. The van der Waals surface area contributed by atoms with E-state index in [0.717, 1.165) is 0 Å². The van der Waals surface area contributed by atoms with Crippen LogP contribution in [0.2, 0.25) is 0 Å². The third-order valence-electron chi connectivity index (χ3n) is 6.48. The molecule has 5 nitrogen and oxygen atoms in total. The SMILES string of the molecule is CCC(=O)NC1CCN(C(=O)NCCc2cc(C(F)(F)F)cc(C(F)(F)F)c2)C(c2ccc(F)cc2C)C1. The van der Waals surface area contributed by atoms with Gasteiger partial charge in [0.25, 0.3) is 0 Å². The molecule has 3 rings (SSSR count). The number of aryl methyl sites for hydroxylation is 1. The lowest BCUT2D eigenvalue weighted by Gasteiger charge is -2.40. The predicted octanol–water partition coefficient (Wildman–Crippen LogP) is 6.16. The zero-order valence-corrected chi connectivity index (χ0v) is 20.8. The summed E-state index contributed by atoms with van der Waals surface area (Å²) in [5.41, 5.74) is -1.80. The minimum atomic E-state index is -4.96. The van der Waals surface area contributed by atoms with E-state index in [1.807, 2.05) is 0 Å². The van der Waals surface area contributed by atoms with Crippen LogP contribution in [0.5, 0.6) is 0 Å². The molecule has 2 unspecified atom stereocenters. The number of carbonyl (C=O) groups excluding carboxylic acids is 2. The predicted molar refractivity (Wildman–Crippen MR) is 126 cm³/mol. The van der Waals surface area contributed by atoms with E-state index < -0.39 is 41.4 Å². The van der Waals surface area contributed by atoms with Crippen molar-refractivity contribution in [1.29, 1.82) is 0 Å². The highest BCUT2D eigenvalue weighted by Gasteiger charge is 2.37. The van der Waals surface area contributed by atoms with Crippen molar-refractivity contribution < 1.29 is 40.3 Å². The first-order valence-electron chi connectivity index (χ1n) is 12.1. The highest BCUT2D eigenvalue weighted by atomic mass is 19.4. The van der Waals surface area contributed by atoms with Crippen molar-refractivity contribution >= 4 is 11.9 Å². The Morgan fingerprint density at radius 3 is 2.18 bits per heavy atom. The van der Waals surface area contributed by atoms with E-state index in [1.165, 1.54) is 17.0 Å². The van der Waals surface area contributed by atoms with Crippen molar-refractivity contribution in [2.45, 2.75) is 64.0 Å². The van der Waals surface area contributed by atoms with Gasteiger partial charge in [0.05, 0.1) is 17.2 Å². The van der Waals surface area contributed by atoms with Gasteiger partial charge in [-0.15, -0.1) is 0 Å². The summed E-state index contributed by atoms with van der Waals surface area (Å²) in [6, 6.07) is 4.14. The number of carbonyl (C=O) groups is 2. The number of amides is 3. The van der Waals surface area contributed by atoms with Crippen LogP contribution in [0.4, 0.5) is 35.5 Å². The number of hydrogen-bond donors (Lipinski definition) is 2. The molecule has 208 valence electrons. The molecule has 2 N–H and O–H groups in total. The molecule has 3 amide bonds. The Bertz CT molecular complexity index is 1130. The van der Waals surface area contributed by atoms with E-state index in [0.29, 0.717) is 36.1 Å². The molecule has 2 aromatic rings. The fraction of sp³-hybridized carbons (Fsp3) is 0.462. The zero-order valence-electron chi connectivity index (χ0n) is 20.8. The van der Waals surface area contributed by atoms with Crippen molar-refractivity contribution in [3.05, 3.63) is 70.0 Å². The van der Waals surface area contributed by atoms with Crippen molar-refractivity contribution in [1.82, 2.24) is 15.5 Å². The van der Waals surface area contributed by atoms with Crippen LogP contribution in [0.3, 0.4) is 0 Å². The number of urea groups is 1. The van der Waals surface area contributed by atoms with Crippen LogP contribution >= 0.6 is 0 Å². The Labute approximate surface area is 215 Å². The van der Waals surface area contributed by atoms with Gasteiger partial charge in [0.1, 0.15) is 5.82 Å². The maximum Gasteiger partial charge on any atom is 0.416 e. The van der Waals surface area contributed by atoms with Gasteiger partial charge in [-0.05, 0) is 73.2 Å². The van der Waals surface area contributed by atoms with Crippen molar-refractivity contribution in [2.24, 2.45) is 0 Å². The van der Waals surface area contributed by atoms with Gasteiger partial charge in [0.2, 0.25) is 5.91 Å². The smallest absolute Gasteiger partial charge is 0.353 e. The molecular formula is C26H28F7N3O2. The number of rotatable bonds is 6. The molecule has 0 aromatic heterocycles. The number of hydrogen-bond acceptors (Lipinski definition) is 2. The molecule has 2 atom stereocenters. The standard InChI is InChI=1S/C26H28F7N3O2/c1-3-23(37)35-20-7-9-36(22(14-20)21-5-4-19(27)10-15(21)2)24(38)34-8-6-16-11-17(25(28,29)30)13-18(12-16)26(31,32)33/h4-5,10-13,20,22H,3,6-9,14H2,1-2H3,(H,34,38)(H,35,37). The van der Waals surface area contributed by atoms with Crippen molar-refractivity contribution in [3.63, 3.8) is 0 Å². The van der Waals surface area contributed by atoms with Crippen LogP contribution in [-0.4, -0.2) is 36.0 Å². The van der Waals surface area contributed by atoms with Crippen molar-refractivity contribution in [2.75, 3.05) is 13.1 Å². The van der Waals surface area contributed by atoms with Crippen molar-refractivity contribution in [3.8, 4) is 0 Å². The third-order valence-corrected chi connectivity index (χ3v) is 6.48. The Morgan fingerprint density at radius 1 is 1.00 bits per heavy atom. The summed E-state index contributed by atoms with van der Waals surface area (Å²) in [5.74, 6) is -0.602. The highest BCUT2D eigenvalue weighted by Crippen LogP contribution is 2.37. The minimum absolute atomic E-state index is 0.0547. The summed E-state index contributed by atoms with van der Waals surface area (Å²) in [5, 5.41) is 5.48. The first kappa shape index (κ1) is 29.2. The maximum absolute atomic E-state index is 13.7. The molecule has 1 saturated heterocycles. The van der Waals surface area contributed by atoms with E-state index in [4.69, 9.17) is 0 Å². The van der Waals surface area contributed by atoms with E-state index in [9.17, 15) is 40.3 Å². The van der Waals surface area contributed by atoms with Gasteiger partial charge in [-0.2, -0.15) is 26.3 Å². The average Bonchev–Trinajstić information content (AvgIpc) is 2.82. The molecule has 1 fully saturated rings. The Kier molecular flexibility index (Phi) is 8.94. The Hall–Kier alpha value is -3.31. The summed E-state index contributed by atoms with van der Waals surface area (Å²) in [4.78, 5) is 26.5. The second kappa shape index (κ2) is 11.6. The average molecular weight is 548 g/mol. The Balaban J connectivity index is 1.76. The fourth-order valence-electron chi connectivity index (χ4n) is 4.56. The number of likely N-dealkylation sites (tertiary alicyclic amines) is 1. The molecule has 0 aliphatic carbocycles. The first-order chi connectivity index (χ1) is 17.7. The summed E-state index contributed by atoms with van der Waals surface area (Å²) < 4.78 is 92.5. The number of nitrogens with one attached hydrogen (secondary N) is 2. The van der Waals surface area contributed by atoms with Gasteiger partial charge >= 0.3 is 18.4 Å². The number of piperidine rings is 1. The van der Waals surface area contributed by atoms with Crippen LogP contribution < -0.4 is 10.6 Å². The monoisotopic (exact) mass is 547 g/mol. The third kappa shape index (κ3) is 7.38. The molecule has 1 aliphatic rings. The lowest BCUT2D eigenvalue weighted by molar-refractivity contribution is -0.143. The first-order valence-corrected chi connectivity index (χ1v) is 12.1. The van der Waals surface area contributed by atoms with Gasteiger partial charge in [-0.3, -0.25) is 4.79 Å². The molecule has 1 heterocycles. The molecule has 2 aromatic carbocycles. The topological polar surface area (TPSA) is 61.4 Å². The molecule has 38 heavy (non-hydrogen) atoms. The van der Waals surface area contributed by atoms with Crippen LogP contribution in [0.1, 0.15) is 60.0 Å². The molecule has 0 saturated carbocycles. The highest BCUT2D eigenvalue weighted by molar-refractivity contribution is 5.76. The van der Waals surface area contributed by atoms with Gasteiger partial charge in [-0.25, -0.2) is 9.18 Å². The van der Waals surface area contributed by atoms with Crippen LogP contribution in [0.25, 0.3) is 0 Å². The zero-order chi connectivity index (χ0) is 28.3. The number of nitrogens with zero attached hydrogens (tertiary/aromatic N) is 1. The van der Waals surface area contributed by atoms with Gasteiger partial charge in [-0.1, -0.05) is 13.0 Å². The number of alkyl halides is 6. The second-order valence-corrected chi connectivity index (χ2v) is 9.25. The molecule has 1 aliphatic heterocycles.